The molecule has 0 saturated heterocycles. The molecule has 0 unspecified atom stereocenters. The first-order valence-electron chi connectivity index (χ1n) is 6.79. The second kappa shape index (κ2) is 7.40. The Bertz CT molecular complexity index is 453. The number of ether oxygens (including phenoxy) is 1. The molecule has 1 aliphatic heterocycles. The lowest BCUT2D eigenvalue weighted by molar-refractivity contribution is 0.312. The molecule has 2 heterocycles. The van der Waals surface area contributed by atoms with Crippen LogP contribution in [0.5, 0.6) is 5.88 Å². The zero-order valence-corrected chi connectivity index (χ0v) is 12.4. The normalized spacial score (nSPS) is 16.8. The Labute approximate surface area is 119 Å². The van der Waals surface area contributed by atoms with E-state index in [4.69, 9.17) is 4.74 Å². The highest BCUT2D eigenvalue weighted by Crippen LogP contribution is 2.26. The lowest BCUT2D eigenvalue weighted by atomic mass is 10.1. The van der Waals surface area contributed by atoms with E-state index in [-0.39, 0.29) is 0 Å². The summed E-state index contributed by atoms with van der Waals surface area (Å²) in [5.74, 6) is 0.691. The van der Waals surface area contributed by atoms with Crippen LogP contribution in [0.25, 0.3) is 5.57 Å². The summed E-state index contributed by atoms with van der Waals surface area (Å²) in [7, 11) is 2.13. The molecule has 0 amide bonds. The molecule has 1 aromatic heterocycles. The minimum absolute atomic E-state index is 0.665. The van der Waals surface area contributed by atoms with Crippen molar-refractivity contribution in [1.29, 1.82) is 0 Å². The number of aromatic nitrogens is 2. The lowest BCUT2D eigenvalue weighted by Crippen LogP contribution is -2.25. The Morgan fingerprint density at radius 1 is 1.42 bits per heavy atom. The smallest absolute Gasteiger partial charge is 0.253 e. The van der Waals surface area contributed by atoms with Crippen LogP contribution in [0.1, 0.15) is 31.9 Å². The third-order valence-corrected chi connectivity index (χ3v) is 3.54. The molecule has 0 saturated carbocycles. The van der Waals surface area contributed by atoms with Gasteiger partial charge in [0.05, 0.1) is 18.3 Å². The molecule has 0 atom stereocenters. The molecule has 0 bridgehead atoms. The van der Waals surface area contributed by atoms with E-state index in [0.717, 1.165) is 38.0 Å². The highest BCUT2D eigenvalue weighted by Gasteiger charge is 2.18. The quantitative estimate of drug-likeness (QED) is 0.593. The third-order valence-electron chi connectivity index (χ3n) is 3.03. The molecule has 0 N–H and O–H groups in total. The first kappa shape index (κ1) is 14.2. The van der Waals surface area contributed by atoms with Crippen LogP contribution in [0.2, 0.25) is 0 Å². The minimum Gasteiger partial charge on any atom is -0.475 e. The average Bonchev–Trinajstić information content (AvgIpc) is 2.87. The topological polar surface area (TPSA) is 38.3 Å². The van der Waals surface area contributed by atoms with Crippen molar-refractivity contribution < 1.29 is 4.74 Å². The largest absolute Gasteiger partial charge is 0.475 e. The SMILES string of the molecule is CC/C=C\CCOc1nsnc1C1=CCCN(C)C1. The molecular formula is C14H21N3OS. The highest BCUT2D eigenvalue weighted by atomic mass is 32.1. The molecule has 0 radical (unpaired) electrons. The molecule has 2 rings (SSSR count). The van der Waals surface area contributed by atoms with Crippen LogP contribution in [0.4, 0.5) is 0 Å². The summed E-state index contributed by atoms with van der Waals surface area (Å²) < 4.78 is 14.4. The Hall–Kier alpha value is -1.20. The summed E-state index contributed by atoms with van der Waals surface area (Å²) in [4.78, 5) is 2.29. The zero-order chi connectivity index (χ0) is 13.5. The number of hydrogen-bond acceptors (Lipinski definition) is 5. The fourth-order valence-corrected chi connectivity index (χ4v) is 2.58. The third kappa shape index (κ3) is 4.14. The van der Waals surface area contributed by atoms with Gasteiger partial charge in [0.1, 0.15) is 5.69 Å². The number of likely N-dealkylation sites (N-methyl/N-ethyl adjacent to an activating group) is 1. The summed E-state index contributed by atoms with van der Waals surface area (Å²) in [6, 6.07) is 0. The fraction of sp³-hybridized carbons (Fsp3) is 0.571. The Balaban J connectivity index is 1.94. The van der Waals surface area contributed by atoms with E-state index in [1.54, 1.807) is 0 Å². The van der Waals surface area contributed by atoms with Gasteiger partial charge in [-0.2, -0.15) is 4.37 Å². The van der Waals surface area contributed by atoms with E-state index in [9.17, 15) is 0 Å². The minimum atomic E-state index is 0.665. The van der Waals surface area contributed by atoms with Crippen molar-refractivity contribution in [2.24, 2.45) is 0 Å². The van der Waals surface area contributed by atoms with Crippen LogP contribution < -0.4 is 4.74 Å². The highest BCUT2D eigenvalue weighted by molar-refractivity contribution is 6.99. The average molecular weight is 279 g/mol. The summed E-state index contributed by atoms with van der Waals surface area (Å²) >= 11 is 1.23. The van der Waals surface area contributed by atoms with Gasteiger partial charge in [-0.15, -0.1) is 4.37 Å². The van der Waals surface area contributed by atoms with E-state index in [1.807, 2.05) is 0 Å². The van der Waals surface area contributed by atoms with Crippen LogP contribution in [0, 0.1) is 0 Å². The van der Waals surface area contributed by atoms with E-state index < -0.39 is 0 Å². The van der Waals surface area contributed by atoms with Gasteiger partial charge in [-0.3, -0.25) is 0 Å². The summed E-state index contributed by atoms with van der Waals surface area (Å²) in [6.45, 7) is 4.83. The molecule has 104 valence electrons. The van der Waals surface area contributed by atoms with Crippen LogP contribution in [-0.2, 0) is 0 Å². The van der Waals surface area contributed by atoms with Gasteiger partial charge in [0, 0.05) is 13.1 Å². The zero-order valence-electron chi connectivity index (χ0n) is 11.6. The molecule has 0 aromatic carbocycles. The van der Waals surface area contributed by atoms with Crippen molar-refractivity contribution in [3.63, 3.8) is 0 Å². The van der Waals surface area contributed by atoms with Crippen LogP contribution in [-0.4, -0.2) is 40.4 Å². The maximum atomic E-state index is 5.74. The Morgan fingerprint density at radius 3 is 3.11 bits per heavy atom. The molecule has 4 nitrogen and oxygen atoms in total. The molecular weight excluding hydrogens is 258 g/mol. The van der Waals surface area contributed by atoms with Crippen LogP contribution in [0.3, 0.4) is 0 Å². The van der Waals surface area contributed by atoms with Gasteiger partial charge >= 0.3 is 0 Å². The second-order valence-corrected chi connectivity index (χ2v) is 5.22. The van der Waals surface area contributed by atoms with Crippen LogP contribution in [0.15, 0.2) is 18.2 Å². The number of hydrogen-bond donors (Lipinski definition) is 0. The first-order valence-corrected chi connectivity index (χ1v) is 7.52. The van der Waals surface area contributed by atoms with Crippen molar-refractivity contribution in [2.75, 3.05) is 26.7 Å². The Morgan fingerprint density at radius 2 is 2.32 bits per heavy atom. The molecule has 19 heavy (non-hydrogen) atoms. The van der Waals surface area contributed by atoms with Gasteiger partial charge in [0.2, 0.25) is 0 Å². The molecule has 0 fully saturated rings. The summed E-state index contributed by atoms with van der Waals surface area (Å²) in [6.07, 6.45) is 9.62. The molecule has 0 spiro atoms. The van der Waals surface area contributed by atoms with Gasteiger partial charge in [-0.1, -0.05) is 25.2 Å². The molecule has 5 heteroatoms. The fourth-order valence-electron chi connectivity index (χ4n) is 2.04. The standard InChI is InChI=1S/C14H21N3OS/c1-3-4-5-6-10-18-14-13(15-19-16-14)12-8-7-9-17(2)11-12/h4-5,8H,3,6-7,9-11H2,1-2H3/b5-4-. The van der Waals surface area contributed by atoms with Crippen LogP contribution >= 0.6 is 11.7 Å². The van der Waals surface area contributed by atoms with Gasteiger partial charge in [-0.05, 0) is 31.9 Å². The number of nitrogens with zero attached hydrogens (tertiary/aromatic N) is 3. The monoisotopic (exact) mass is 279 g/mol. The van der Waals surface area contributed by atoms with E-state index in [2.05, 4.69) is 45.8 Å². The van der Waals surface area contributed by atoms with E-state index in [1.165, 1.54) is 17.3 Å². The maximum Gasteiger partial charge on any atom is 0.253 e. The van der Waals surface area contributed by atoms with Crippen molar-refractivity contribution in [2.45, 2.75) is 26.2 Å². The number of rotatable bonds is 6. The number of allylic oxidation sites excluding steroid dienone is 1. The first-order chi connectivity index (χ1) is 9.31. The Kier molecular flexibility index (Phi) is 5.54. The molecule has 1 aromatic rings. The van der Waals surface area contributed by atoms with Crippen molar-refractivity contribution in [3.8, 4) is 5.88 Å². The van der Waals surface area contributed by atoms with Gasteiger partial charge in [0.15, 0.2) is 0 Å². The van der Waals surface area contributed by atoms with Gasteiger partial charge in [0.25, 0.3) is 5.88 Å². The summed E-state index contributed by atoms with van der Waals surface area (Å²) in [5.41, 5.74) is 2.16. The van der Waals surface area contributed by atoms with Gasteiger partial charge in [-0.25, -0.2) is 0 Å². The predicted molar refractivity (Wildman–Crippen MR) is 79.5 cm³/mol. The molecule has 1 aliphatic rings. The second-order valence-electron chi connectivity index (χ2n) is 4.69. The van der Waals surface area contributed by atoms with Crippen molar-refractivity contribution in [3.05, 3.63) is 23.9 Å². The molecule has 0 aliphatic carbocycles. The van der Waals surface area contributed by atoms with E-state index >= 15 is 0 Å². The predicted octanol–water partition coefficient (Wildman–Crippen LogP) is 2.99. The van der Waals surface area contributed by atoms with E-state index in [0.29, 0.717) is 12.5 Å². The van der Waals surface area contributed by atoms with Crippen molar-refractivity contribution in [1.82, 2.24) is 13.6 Å². The van der Waals surface area contributed by atoms with Gasteiger partial charge < -0.3 is 9.64 Å². The maximum absolute atomic E-state index is 5.74. The van der Waals surface area contributed by atoms with Crippen molar-refractivity contribution >= 4 is 17.3 Å². The summed E-state index contributed by atoms with van der Waals surface area (Å²) in [5, 5.41) is 0. The lowest BCUT2D eigenvalue weighted by Gasteiger charge is -2.22.